The van der Waals surface area contributed by atoms with Crippen LogP contribution in [0, 0.1) is 17.0 Å². The van der Waals surface area contributed by atoms with E-state index in [0.29, 0.717) is 43.6 Å². The number of furan rings is 1. The Morgan fingerprint density at radius 3 is 2.69 bits per heavy atom. The molecule has 0 spiro atoms. The normalized spacial score (nSPS) is 18.0. The van der Waals surface area contributed by atoms with E-state index in [4.69, 9.17) is 9.15 Å². The van der Waals surface area contributed by atoms with Crippen LogP contribution in [-0.2, 0) is 14.3 Å². The van der Waals surface area contributed by atoms with Crippen molar-refractivity contribution in [3.8, 4) is 11.3 Å². The molecule has 0 N–H and O–H groups in total. The monoisotopic (exact) mass is 457 g/mol. The van der Waals surface area contributed by atoms with E-state index in [1.54, 1.807) is 36.1 Å². The van der Waals surface area contributed by atoms with Gasteiger partial charge < -0.3 is 14.1 Å². The summed E-state index contributed by atoms with van der Waals surface area (Å²) in [4.78, 5) is 50.9. The molecule has 3 amide bonds. The highest BCUT2D eigenvalue weighted by Crippen LogP contribution is 2.35. The summed E-state index contributed by atoms with van der Waals surface area (Å²) < 4.78 is 10.9. The molecule has 2 saturated heterocycles. The molecule has 32 heavy (non-hydrogen) atoms. The average molecular weight is 457 g/mol. The molecule has 0 aliphatic carbocycles. The van der Waals surface area contributed by atoms with E-state index < -0.39 is 16.1 Å². The van der Waals surface area contributed by atoms with Gasteiger partial charge in [0.2, 0.25) is 5.91 Å². The zero-order valence-electron chi connectivity index (χ0n) is 17.1. The van der Waals surface area contributed by atoms with E-state index in [-0.39, 0.29) is 34.6 Å². The van der Waals surface area contributed by atoms with Gasteiger partial charge in [-0.05, 0) is 42.4 Å². The van der Waals surface area contributed by atoms with Crippen molar-refractivity contribution in [2.24, 2.45) is 0 Å². The second kappa shape index (κ2) is 8.97. The fraction of sp³-hybridized carbons (Fsp3) is 0.286. The SMILES string of the molecule is Cc1ccc(-c2ccc(/C=C3\SC(=O)N(CC(=O)N4CCOCC4)C3=O)o2)c([N+](=O)[O-])c1. The predicted molar refractivity (Wildman–Crippen MR) is 116 cm³/mol. The van der Waals surface area contributed by atoms with Crippen molar-refractivity contribution in [2.75, 3.05) is 32.8 Å². The summed E-state index contributed by atoms with van der Waals surface area (Å²) in [6.07, 6.45) is 1.40. The molecular weight excluding hydrogens is 438 g/mol. The van der Waals surface area contributed by atoms with Gasteiger partial charge in [0.25, 0.3) is 16.8 Å². The maximum absolute atomic E-state index is 12.7. The van der Waals surface area contributed by atoms with Crippen LogP contribution in [-0.4, -0.2) is 64.6 Å². The van der Waals surface area contributed by atoms with Crippen molar-refractivity contribution in [2.45, 2.75) is 6.92 Å². The number of nitro groups is 1. The maximum Gasteiger partial charge on any atom is 0.294 e. The highest BCUT2D eigenvalue weighted by Gasteiger charge is 2.37. The zero-order chi connectivity index (χ0) is 22.8. The number of thioether (sulfide) groups is 1. The molecule has 0 bridgehead atoms. The number of hydrogen-bond acceptors (Lipinski definition) is 8. The van der Waals surface area contributed by atoms with Gasteiger partial charge in [-0.3, -0.25) is 29.4 Å². The second-order valence-corrected chi connectivity index (χ2v) is 8.23. The molecule has 2 aromatic rings. The summed E-state index contributed by atoms with van der Waals surface area (Å²) in [6.45, 7) is 3.11. The number of hydrogen-bond donors (Lipinski definition) is 0. The first-order valence-electron chi connectivity index (χ1n) is 9.79. The molecule has 166 valence electrons. The van der Waals surface area contributed by atoms with Crippen LogP contribution in [0.5, 0.6) is 0 Å². The standard InChI is InChI=1S/C21H19N3O7S/c1-13-2-4-15(16(10-13)24(28)29)17-5-3-14(31-17)11-18-20(26)23(21(27)32-18)12-19(25)22-6-8-30-9-7-22/h2-5,10-11H,6-9,12H2,1H3/b18-11-. The van der Waals surface area contributed by atoms with E-state index in [9.17, 15) is 24.5 Å². The quantitative estimate of drug-likeness (QED) is 0.381. The molecule has 1 aromatic carbocycles. The van der Waals surface area contributed by atoms with Crippen molar-refractivity contribution in [3.63, 3.8) is 0 Å². The van der Waals surface area contributed by atoms with Gasteiger partial charge >= 0.3 is 0 Å². The lowest BCUT2D eigenvalue weighted by Gasteiger charge is -2.27. The topological polar surface area (TPSA) is 123 Å². The molecule has 10 nitrogen and oxygen atoms in total. The summed E-state index contributed by atoms with van der Waals surface area (Å²) in [5, 5.41) is 10.8. The number of ether oxygens (including phenoxy) is 1. The number of benzene rings is 1. The van der Waals surface area contributed by atoms with Crippen LogP contribution < -0.4 is 0 Å². The fourth-order valence-electron chi connectivity index (χ4n) is 3.39. The Kier molecular flexibility index (Phi) is 6.10. The van der Waals surface area contributed by atoms with Crippen LogP contribution in [0.4, 0.5) is 10.5 Å². The number of rotatable bonds is 5. The summed E-state index contributed by atoms with van der Waals surface area (Å²) in [7, 11) is 0. The van der Waals surface area contributed by atoms with Crippen molar-refractivity contribution in [3.05, 3.63) is 56.7 Å². The van der Waals surface area contributed by atoms with Gasteiger partial charge in [0.15, 0.2) is 0 Å². The number of carbonyl (C=O) groups excluding carboxylic acids is 3. The van der Waals surface area contributed by atoms with Crippen molar-refractivity contribution in [1.29, 1.82) is 0 Å². The molecule has 0 radical (unpaired) electrons. The lowest BCUT2D eigenvalue weighted by atomic mass is 10.1. The van der Waals surface area contributed by atoms with Gasteiger partial charge in [0.05, 0.1) is 28.6 Å². The van der Waals surface area contributed by atoms with E-state index in [0.717, 1.165) is 10.5 Å². The van der Waals surface area contributed by atoms with Gasteiger partial charge in [-0.25, -0.2) is 0 Å². The molecule has 3 heterocycles. The van der Waals surface area contributed by atoms with Crippen LogP contribution in [0.3, 0.4) is 0 Å². The number of nitrogens with zero attached hydrogens (tertiary/aromatic N) is 3. The minimum absolute atomic E-state index is 0.0900. The Bertz CT molecular complexity index is 1130. The first kappa shape index (κ1) is 21.8. The molecule has 0 unspecified atom stereocenters. The Balaban J connectivity index is 1.51. The van der Waals surface area contributed by atoms with Gasteiger partial charge in [0, 0.05) is 25.2 Å². The highest BCUT2D eigenvalue weighted by molar-refractivity contribution is 8.18. The average Bonchev–Trinajstić information content (AvgIpc) is 3.34. The second-order valence-electron chi connectivity index (χ2n) is 7.24. The number of morpholine rings is 1. The zero-order valence-corrected chi connectivity index (χ0v) is 17.9. The molecule has 2 aliphatic rings. The van der Waals surface area contributed by atoms with Crippen LogP contribution in [0.1, 0.15) is 11.3 Å². The van der Waals surface area contributed by atoms with E-state index >= 15 is 0 Å². The fourth-order valence-corrected chi connectivity index (χ4v) is 4.21. The number of aryl methyl sites for hydroxylation is 1. The number of imide groups is 1. The van der Waals surface area contributed by atoms with Crippen LogP contribution in [0.25, 0.3) is 17.4 Å². The number of amides is 3. The molecule has 4 rings (SSSR count). The van der Waals surface area contributed by atoms with Gasteiger partial charge in [-0.1, -0.05) is 6.07 Å². The number of carbonyl (C=O) groups is 3. The Morgan fingerprint density at radius 2 is 1.97 bits per heavy atom. The largest absolute Gasteiger partial charge is 0.456 e. The molecular formula is C21H19N3O7S. The van der Waals surface area contributed by atoms with Crippen LogP contribution in [0.2, 0.25) is 0 Å². The van der Waals surface area contributed by atoms with Gasteiger partial charge in [-0.15, -0.1) is 0 Å². The van der Waals surface area contributed by atoms with Crippen molar-refractivity contribution in [1.82, 2.24) is 9.80 Å². The van der Waals surface area contributed by atoms with Crippen LogP contribution in [0.15, 0.2) is 39.7 Å². The van der Waals surface area contributed by atoms with Gasteiger partial charge in [0.1, 0.15) is 18.1 Å². The van der Waals surface area contributed by atoms with E-state index in [1.807, 2.05) is 0 Å². The molecule has 1 aromatic heterocycles. The Hall–Kier alpha value is -3.44. The van der Waals surface area contributed by atoms with Gasteiger partial charge in [-0.2, -0.15) is 0 Å². The maximum atomic E-state index is 12.7. The third kappa shape index (κ3) is 4.43. The third-order valence-electron chi connectivity index (χ3n) is 5.05. The summed E-state index contributed by atoms with van der Waals surface area (Å²) in [6, 6.07) is 7.92. The Labute approximate surface area is 186 Å². The highest BCUT2D eigenvalue weighted by atomic mass is 32.2. The third-order valence-corrected chi connectivity index (χ3v) is 5.95. The smallest absolute Gasteiger partial charge is 0.294 e. The Morgan fingerprint density at radius 1 is 1.22 bits per heavy atom. The lowest BCUT2D eigenvalue weighted by Crippen LogP contribution is -2.46. The minimum atomic E-state index is -0.583. The first-order valence-corrected chi connectivity index (χ1v) is 10.6. The van der Waals surface area contributed by atoms with E-state index in [1.165, 1.54) is 12.1 Å². The molecule has 11 heteroatoms. The van der Waals surface area contributed by atoms with Crippen molar-refractivity contribution < 1.29 is 28.5 Å². The predicted octanol–water partition coefficient (Wildman–Crippen LogP) is 3.06. The summed E-state index contributed by atoms with van der Waals surface area (Å²) in [5.41, 5.74) is 0.963. The van der Waals surface area contributed by atoms with E-state index in [2.05, 4.69) is 0 Å². The first-order chi connectivity index (χ1) is 15.3. The summed E-state index contributed by atoms with van der Waals surface area (Å²) >= 11 is 0.715. The number of nitro benzene ring substituents is 1. The molecule has 0 saturated carbocycles. The summed E-state index contributed by atoms with van der Waals surface area (Å²) in [5.74, 6) is -0.366. The minimum Gasteiger partial charge on any atom is -0.456 e. The molecule has 2 fully saturated rings. The molecule has 2 aliphatic heterocycles. The van der Waals surface area contributed by atoms with Crippen molar-refractivity contribution >= 4 is 40.6 Å². The molecule has 0 atom stereocenters. The van der Waals surface area contributed by atoms with Crippen LogP contribution >= 0.6 is 11.8 Å². The lowest BCUT2D eigenvalue weighted by molar-refractivity contribution is -0.384.